The minimum Gasteiger partial charge on any atom is -0.504 e. The molecule has 2 heterocycles. The fourth-order valence-corrected chi connectivity index (χ4v) is 9.03. The highest BCUT2D eigenvalue weighted by atomic mass is 16.6. The van der Waals surface area contributed by atoms with Crippen molar-refractivity contribution >= 4 is 0 Å². The molecule has 0 saturated carbocycles. The van der Waals surface area contributed by atoms with E-state index in [4.69, 9.17) is 56.8 Å². The number of phenols is 2. The van der Waals surface area contributed by atoms with Crippen molar-refractivity contribution in [2.24, 2.45) is 11.8 Å². The van der Waals surface area contributed by atoms with E-state index < -0.39 is 68.7 Å². The quantitative estimate of drug-likeness (QED) is 0.0418. The molecule has 0 bridgehead atoms. The monoisotopic (exact) mass is 1010 g/mol. The van der Waals surface area contributed by atoms with Crippen molar-refractivity contribution in [1.29, 1.82) is 0 Å². The largest absolute Gasteiger partial charge is 0.504 e. The van der Waals surface area contributed by atoms with E-state index in [0.717, 1.165) is 0 Å². The Labute approximate surface area is 415 Å². The smallest absolute Gasteiger partial charge is 0.204 e. The zero-order chi connectivity index (χ0) is 51.8. The van der Waals surface area contributed by atoms with E-state index in [9.17, 15) is 40.9 Å². The van der Waals surface area contributed by atoms with Crippen LogP contribution in [0.1, 0.15) is 58.3 Å². The maximum absolute atomic E-state index is 11.6. The molecular weight excluding hydrogens is 945 g/mol. The van der Waals surface area contributed by atoms with Gasteiger partial charge in [-0.05, 0) is 88.5 Å². The number of aromatic hydroxyl groups is 2. The van der Waals surface area contributed by atoms with Gasteiger partial charge >= 0.3 is 0 Å². The number of fused-ring (bicyclic) bond motifs is 1. The lowest BCUT2D eigenvalue weighted by Gasteiger charge is -2.27. The average Bonchev–Trinajstić information content (AvgIpc) is 4.03. The summed E-state index contributed by atoms with van der Waals surface area (Å²) in [5.41, 5.74) is 2.33. The molecule has 0 aliphatic carbocycles. The van der Waals surface area contributed by atoms with E-state index in [-0.39, 0.29) is 86.4 Å². The normalized spacial score (nSPS) is 19.7. The molecule has 7 rings (SSSR count). The van der Waals surface area contributed by atoms with Crippen LogP contribution >= 0.6 is 0 Å². The predicted molar refractivity (Wildman–Crippen MR) is 255 cm³/mol. The first-order valence-electron chi connectivity index (χ1n) is 22.8. The standard InChI is InChI=1S/C52H62O20/c1-61-36-14-26(8-11-33(36)56)46(58)43(21-53)70-35-13-10-28(16-38(35)63-3)48(60)45(23-55)72-52-41(66-6)19-30(20-42(52)67-7)50-32-25-68-49(31(32)24-69-50)29-17-39(64-4)51(40(18-29)65-5)71-44(22-54)47(59)27-9-12-34(57)37(15-27)62-2/h8-20,31-32,43-50,53-60H,21-25H2,1-7H3/t31-,32-,43-,44-,45-,46+,47+,48-,49+,50+/m1/s1. The van der Waals surface area contributed by atoms with E-state index in [1.54, 1.807) is 24.3 Å². The van der Waals surface area contributed by atoms with Gasteiger partial charge in [-0.3, -0.25) is 0 Å². The van der Waals surface area contributed by atoms with Gasteiger partial charge in [-0.1, -0.05) is 18.2 Å². The van der Waals surface area contributed by atoms with Crippen molar-refractivity contribution in [2.75, 3.05) is 82.8 Å². The van der Waals surface area contributed by atoms with Gasteiger partial charge in [0.1, 0.15) is 18.3 Å². The Morgan fingerprint density at radius 1 is 0.417 bits per heavy atom. The lowest BCUT2D eigenvalue weighted by Crippen LogP contribution is -2.30. The second kappa shape index (κ2) is 23.7. The Kier molecular flexibility index (Phi) is 17.5. The van der Waals surface area contributed by atoms with Crippen LogP contribution in [0.15, 0.2) is 78.9 Å². The molecule has 8 N–H and O–H groups in total. The van der Waals surface area contributed by atoms with Crippen LogP contribution in [0.5, 0.6) is 69.0 Å². The zero-order valence-electron chi connectivity index (χ0n) is 40.8. The van der Waals surface area contributed by atoms with Crippen molar-refractivity contribution in [3.05, 3.63) is 107 Å². The number of ether oxygens (including phenoxy) is 12. The summed E-state index contributed by atoms with van der Waals surface area (Å²) in [6.45, 7) is -1.17. The second-order valence-corrected chi connectivity index (χ2v) is 17.0. The lowest BCUT2D eigenvalue weighted by molar-refractivity contribution is -0.00349. The number of phenolic OH excluding ortho intramolecular Hbond substituents is 2. The number of aliphatic hydroxyl groups excluding tert-OH is 6. The summed E-state index contributed by atoms with van der Waals surface area (Å²) in [4.78, 5) is 0. The molecule has 0 radical (unpaired) electrons. The van der Waals surface area contributed by atoms with E-state index in [1.807, 2.05) is 0 Å². The topological polar surface area (TPSA) is 273 Å². The molecule has 20 nitrogen and oxygen atoms in total. The van der Waals surface area contributed by atoms with E-state index >= 15 is 0 Å². The van der Waals surface area contributed by atoms with Crippen LogP contribution in [0.4, 0.5) is 0 Å². The van der Waals surface area contributed by atoms with Gasteiger partial charge in [0.25, 0.3) is 0 Å². The Bertz CT molecular complexity index is 2560. The molecule has 2 aliphatic heterocycles. The van der Waals surface area contributed by atoms with Crippen molar-refractivity contribution in [2.45, 2.75) is 48.8 Å². The van der Waals surface area contributed by atoms with Crippen molar-refractivity contribution in [1.82, 2.24) is 0 Å². The van der Waals surface area contributed by atoms with Crippen LogP contribution in [0.25, 0.3) is 0 Å². The van der Waals surface area contributed by atoms with E-state index in [1.165, 1.54) is 104 Å². The van der Waals surface area contributed by atoms with Gasteiger partial charge in [0.2, 0.25) is 11.5 Å². The number of methoxy groups -OCH3 is 7. The molecule has 5 aromatic carbocycles. The van der Waals surface area contributed by atoms with Crippen LogP contribution in [0.3, 0.4) is 0 Å². The van der Waals surface area contributed by atoms with Gasteiger partial charge in [0.15, 0.2) is 75.8 Å². The first kappa shape index (κ1) is 53.2. The molecule has 0 unspecified atom stereocenters. The summed E-state index contributed by atoms with van der Waals surface area (Å²) in [6, 6.07) is 20.0. The summed E-state index contributed by atoms with van der Waals surface area (Å²) in [5.74, 6) is 1.28. The average molecular weight is 1010 g/mol. The Balaban J connectivity index is 1.06. The molecule has 390 valence electrons. The van der Waals surface area contributed by atoms with Gasteiger partial charge in [0, 0.05) is 11.8 Å². The molecule has 2 saturated heterocycles. The van der Waals surface area contributed by atoms with E-state index in [0.29, 0.717) is 35.5 Å². The third-order valence-electron chi connectivity index (χ3n) is 12.9. The molecule has 0 amide bonds. The number of benzene rings is 5. The predicted octanol–water partition coefficient (Wildman–Crippen LogP) is 4.65. The maximum atomic E-state index is 11.6. The third-order valence-corrected chi connectivity index (χ3v) is 12.9. The van der Waals surface area contributed by atoms with Crippen LogP contribution in [-0.4, -0.2) is 142 Å². The number of hydrogen-bond donors (Lipinski definition) is 8. The number of aliphatic hydroxyl groups is 6. The molecule has 2 fully saturated rings. The fraction of sp³-hybridized carbons (Fsp3) is 0.423. The Hall–Kier alpha value is -6.62. The molecular formula is C52H62O20. The molecule has 0 aromatic heterocycles. The van der Waals surface area contributed by atoms with Gasteiger partial charge in [-0.15, -0.1) is 0 Å². The van der Waals surface area contributed by atoms with Gasteiger partial charge < -0.3 is 97.7 Å². The molecule has 5 aromatic rings. The van der Waals surface area contributed by atoms with E-state index in [2.05, 4.69) is 0 Å². The lowest BCUT2D eigenvalue weighted by atomic mass is 9.84. The van der Waals surface area contributed by atoms with Gasteiger partial charge in [-0.25, -0.2) is 0 Å². The van der Waals surface area contributed by atoms with Crippen molar-refractivity contribution < 1.29 is 97.7 Å². The minimum absolute atomic E-state index is 0.106. The van der Waals surface area contributed by atoms with Crippen LogP contribution in [-0.2, 0) is 9.47 Å². The molecule has 0 spiro atoms. The minimum atomic E-state index is -1.43. The molecule has 20 heteroatoms. The SMILES string of the molecule is COc1cc([C@H](O)[C@@H](CO)Oc2ccc([C@@H](O)[C@@H](CO)Oc3c(OC)cc([C@@H]4OC[C@@H]5[C@H]4CO[C@H]5c4cc(OC)c(O[C@H](CO)[C@@H](O)c5ccc(O)c(OC)c5)c(OC)c4)cc3OC)cc2OC)ccc1O. The Morgan fingerprint density at radius 2 is 0.736 bits per heavy atom. The number of hydrogen-bond acceptors (Lipinski definition) is 20. The van der Waals surface area contributed by atoms with Crippen molar-refractivity contribution in [3.63, 3.8) is 0 Å². The summed E-state index contributed by atoms with van der Waals surface area (Å²) in [7, 11) is 9.94. The third kappa shape index (κ3) is 10.9. The Morgan fingerprint density at radius 3 is 1.07 bits per heavy atom. The summed E-state index contributed by atoms with van der Waals surface area (Å²) < 4.78 is 70.3. The summed E-state index contributed by atoms with van der Waals surface area (Å²) in [6.07, 6.45) is -8.63. The zero-order valence-corrected chi connectivity index (χ0v) is 40.8. The van der Waals surface area contributed by atoms with Crippen LogP contribution in [0, 0.1) is 11.8 Å². The summed E-state index contributed by atoms with van der Waals surface area (Å²) >= 11 is 0. The molecule has 2 aliphatic rings. The summed E-state index contributed by atoms with van der Waals surface area (Å²) in [5, 5.41) is 85.0. The highest BCUT2D eigenvalue weighted by Crippen LogP contribution is 2.54. The molecule has 10 atom stereocenters. The van der Waals surface area contributed by atoms with Gasteiger partial charge in [-0.2, -0.15) is 0 Å². The fourth-order valence-electron chi connectivity index (χ4n) is 9.03. The first-order valence-corrected chi connectivity index (χ1v) is 22.8. The highest BCUT2D eigenvalue weighted by Gasteiger charge is 2.49. The van der Waals surface area contributed by atoms with Crippen molar-refractivity contribution in [3.8, 4) is 69.0 Å². The van der Waals surface area contributed by atoms with Crippen LogP contribution in [0.2, 0.25) is 0 Å². The van der Waals surface area contributed by atoms with Gasteiger partial charge in [0.05, 0.1) is 95.0 Å². The number of rotatable bonds is 24. The first-order chi connectivity index (χ1) is 34.8. The highest BCUT2D eigenvalue weighted by molar-refractivity contribution is 5.57. The molecule has 72 heavy (non-hydrogen) atoms. The van der Waals surface area contributed by atoms with Crippen LogP contribution < -0.4 is 47.4 Å². The maximum Gasteiger partial charge on any atom is 0.204 e. The second-order valence-electron chi connectivity index (χ2n) is 17.0.